The Morgan fingerprint density at radius 1 is 1.59 bits per heavy atom. The lowest BCUT2D eigenvalue weighted by atomic mass is 10.1. The molecule has 0 amide bonds. The van der Waals surface area contributed by atoms with Crippen molar-refractivity contribution in [3.05, 3.63) is 18.2 Å². The van der Waals surface area contributed by atoms with Gasteiger partial charge in [-0.15, -0.1) is 0 Å². The Hall–Kier alpha value is -1.20. The third kappa shape index (κ3) is 3.38. The van der Waals surface area contributed by atoms with Crippen LogP contribution in [-0.4, -0.2) is 41.1 Å². The quantitative estimate of drug-likeness (QED) is 0.768. The molecule has 0 spiro atoms. The molecule has 2 heterocycles. The highest BCUT2D eigenvalue weighted by Gasteiger charge is 2.15. The number of carbonyl (C=O) groups is 1. The average Bonchev–Trinajstić information content (AvgIpc) is 2.77. The molecule has 0 radical (unpaired) electrons. The Morgan fingerprint density at radius 3 is 3.00 bits per heavy atom. The highest BCUT2D eigenvalue weighted by molar-refractivity contribution is 5.92. The summed E-state index contributed by atoms with van der Waals surface area (Å²) in [5.41, 5.74) is 0. The number of aromatic nitrogens is 2. The Kier molecular flexibility index (Phi) is 4.28. The number of hydrogen-bond acceptors (Lipinski definition) is 4. The van der Waals surface area contributed by atoms with E-state index in [0.717, 1.165) is 25.9 Å². The van der Waals surface area contributed by atoms with Gasteiger partial charge in [0.2, 0.25) is 5.78 Å². The van der Waals surface area contributed by atoms with E-state index in [1.807, 2.05) is 7.05 Å². The zero-order valence-electron chi connectivity index (χ0n) is 10.2. The monoisotopic (exact) mass is 237 g/mol. The van der Waals surface area contributed by atoms with E-state index in [-0.39, 0.29) is 5.78 Å². The molecule has 94 valence electrons. The molecule has 1 N–H and O–H groups in total. The van der Waals surface area contributed by atoms with Crippen molar-refractivity contribution in [2.45, 2.75) is 25.4 Å². The number of aryl methyl sites for hydroxylation is 1. The van der Waals surface area contributed by atoms with E-state index < -0.39 is 0 Å². The van der Waals surface area contributed by atoms with E-state index in [9.17, 15) is 4.79 Å². The Balaban J connectivity index is 1.71. The van der Waals surface area contributed by atoms with Crippen molar-refractivity contribution in [2.75, 3.05) is 19.7 Å². The summed E-state index contributed by atoms with van der Waals surface area (Å²) < 4.78 is 7.44. The van der Waals surface area contributed by atoms with Crippen LogP contribution in [-0.2, 0) is 11.8 Å². The van der Waals surface area contributed by atoms with Gasteiger partial charge in [-0.05, 0) is 25.9 Å². The number of rotatable bonds is 5. The van der Waals surface area contributed by atoms with Crippen molar-refractivity contribution < 1.29 is 9.53 Å². The van der Waals surface area contributed by atoms with Crippen LogP contribution in [0.25, 0.3) is 0 Å². The number of nitrogens with zero attached hydrogens (tertiary/aromatic N) is 2. The largest absolute Gasteiger partial charge is 0.378 e. The summed E-state index contributed by atoms with van der Waals surface area (Å²) in [6.45, 7) is 2.52. The molecule has 0 bridgehead atoms. The van der Waals surface area contributed by atoms with Crippen molar-refractivity contribution in [3.8, 4) is 0 Å². The highest BCUT2D eigenvalue weighted by atomic mass is 16.5. The second-order valence-corrected chi connectivity index (χ2v) is 4.36. The molecule has 1 fully saturated rings. The molecule has 1 saturated heterocycles. The lowest BCUT2D eigenvalue weighted by Crippen LogP contribution is -2.32. The van der Waals surface area contributed by atoms with Crippen LogP contribution in [0.3, 0.4) is 0 Å². The van der Waals surface area contributed by atoms with Crippen molar-refractivity contribution in [1.82, 2.24) is 14.9 Å². The van der Waals surface area contributed by atoms with Crippen molar-refractivity contribution >= 4 is 5.78 Å². The molecule has 17 heavy (non-hydrogen) atoms. The fourth-order valence-corrected chi connectivity index (χ4v) is 2.03. The van der Waals surface area contributed by atoms with Crippen LogP contribution in [0, 0.1) is 0 Å². The second kappa shape index (κ2) is 5.93. The number of carbonyl (C=O) groups excluding carboxylic acids is 1. The molecule has 5 heteroatoms. The summed E-state index contributed by atoms with van der Waals surface area (Å²) in [7, 11) is 1.83. The molecule has 1 aliphatic heterocycles. The van der Waals surface area contributed by atoms with Gasteiger partial charge in [-0.2, -0.15) is 0 Å². The zero-order chi connectivity index (χ0) is 12.1. The van der Waals surface area contributed by atoms with Gasteiger partial charge in [0.05, 0.1) is 12.7 Å². The van der Waals surface area contributed by atoms with E-state index >= 15 is 0 Å². The lowest BCUT2D eigenvalue weighted by molar-refractivity contribution is 0.0311. The van der Waals surface area contributed by atoms with Crippen molar-refractivity contribution in [1.29, 1.82) is 0 Å². The predicted molar refractivity (Wildman–Crippen MR) is 64.0 cm³/mol. The molecular weight excluding hydrogens is 218 g/mol. The number of imidazole rings is 1. The first-order chi connectivity index (χ1) is 8.27. The Labute approximate surface area is 101 Å². The second-order valence-electron chi connectivity index (χ2n) is 4.36. The minimum absolute atomic E-state index is 0.0476. The molecule has 1 aromatic rings. The van der Waals surface area contributed by atoms with Gasteiger partial charge in [0.25, 0.3) is 0 Å². The standard InChI is InChI=1S/C12H19N3O2/c1-15-8-7-14-12(15)11(16)4-9-17-10-2-5-13-6-3-10/h7-8,10,13H,2-6,9H2,1H3. The van der Waals surface area contributed by atoms with Crippen LogP contribution in [0.15, 0.2) is 12.4 Å². The van der Waals surface area contributed by atoms with Crippen LogP contribution in [0.2, 0.25) is 0 Å². The van der Waals surface area contributed by atoms with Gasteiger partial charge >= 0.3 is 0 Å². The first-order valence-corrected chi connectivity index (χ1v) is 6.10. The maximum absolute atomic E-state index is 11.8. The smallest absolute Gasteiger partial charge is 0.200 e. The summed E-state index contributed by atoms with van der Waals surface area (Å²) >= 11 is 0. The number of ether oxygens (including phenoxy) is 1. The van der Waals surface area contributed by atoms with Crippen LogP contribution >= 0.6 is 0 Å². The SMILES string of the molecule is Cn1ccnc1C(=O)CCOC1CCNCC1. The lowest BCUT2D eigenvalue weighted by Gasteiger charge is -2.22. The van der Waals surface area contributed by atoms with Gasteiger partial charge in [-0.1, -0.05) is 0 Å². The Bertz CT molecular complexity index is 370. The molecule has 0 unspecified atom stereocenters. The number of ketones is 1. The predicted octanol–water partition coefficient (Wildman–Crippen LogP) is 0.761. The molecule has 0 aromatic carbocycles. The van der Waals surface area contributed by atoms with E-state index in [1.54, 1.807) is 17.0 Å². The molecule has 1 aromatic heterocycles. The minimum atomic E-state index is 0.0476. The highest BCUT2D eigenvalue weighted by Crippen LogP contribution is 2.08. The van der Waals surface area contributed by atoms with E-state index in [2.05, 4.69) is 10.3 Å². The summed E-state index contributed by atoms with van der Waals surface area (Å²) in [4.78, 5) is 15.8. The fraction of sp³-hybridized carbons (Fsp3) is 0.667. The molecular formula is C12H19N3O2. The van der Waals surface area contributed by atoms with Gasteiger partial charge in [0, 0.05) is 25.9 Å². The van der Waals surface area contributed by atoms with Crippen molar-refractivity contribution in [2.24, 2.45) is 7.05 Å². The summed E-state index contributed by atoms with van der Waals surface area (Å²) in [5.74, 6) is 0.561. The molecule has 0 saturated carbocycles. The van der Waals surface area contributed by atoms with Crippen LogP contribution < -0.4 is 5.32 Å². The van der Waals surface area contributed by atoms with Gasteiger partial charge < -0.3 is 14.6 Å². The summed E-state index contributed by atoms with van der Waals surface area (Å²) in [6, 6.07) is 0. The normalized spacial score (nSPS) is 17.2. The van der Waals surface area contributed by atoms with E-state index in [1.165, 1.54) is 0 Å². The molecule has 0 aliphatic carbocycles. The minimum Gasteiger partial charge on any atom is -0.378 e. The molecule has 5 nitrogen and oxygen atoms in total. The van der Waals surface area contributed by atoms with Crippen molar-refractivity contribution in [3.63, 3.8) is 0 Å². The topological polar surface area (TPSA) is 56.2 Å². The molecule has 2 rings (SSSR count). The molecule has 1 aliphatic rings. The van der Waals surface area contributed by atoms with E-state index in [0.29, 0.717) is 25.0 Å². The van der Waals surface area contributed by atoms with Gasteiger partial charge in [0.1, 0.15) is 0 Å². The maximum atomic E-state index is 11.8. The molecule has 0 atom stereocenters. The van der Waals surface area contributed by atoms with Gasteiger partial charge in [0.15, 0.2) is 5.82 Å². The van der Waals surface area contributed by atoms with Gasteiger partial charge in [-0.3, -0.25) is 4.79 Å². The van der Waals surface area contributed by atoms with Crippen LogP contribution in [0.1, 0.15) is 29.9 Å². The number of nitrogens with one attached hydrogen (secondary N) is 1. The number of piperidine rings is 1. The van der Waals surface area contributed by atoms with Crippen LogP contribution in [0.4, 0.5) is 0 Å². The van der Waals surface area contributed by atoms with Gasteiger partial charge in [-0.25, -0.2) is 4.98 Å². The third-order valence-corrected chi connectivity index (χ3v) is 3.04. The zero-order valence-corrected chi connectivity index (χ0v) is 10.2. The fourth-order valence-electron chi connectivity index (χ4n) is 2.03. The number of Topliss-reactive ketones (excluding diaryl/α,β-unsaturated/α-hetero) is 1. The van der Waals surface area contributed by atoms with Crippen LogP contribution in [0.5, 0.6) is 0 Å². The average molecular weight is 237 g/mol. The first-order valence-electron chi connectivity index (χ1n) is 6.10. The first kappa shape index (κ1) is 12.3. The Morgan fingerprint density at radius 2 is 2.35 bits per heavy atom. The van der Waals surface area contributed by atoms with E-state index in [4.69, 9.17) is 4.74 Å². The number of hydrogen-bond donors (Lipinski definition) is 1. The summed E-state index contributed by atoms with van der Waals surface area (Å²) in [5, 5.41) is 3.28. The summed E-state index contributed by atoms with van der Waals surface area (Å²) in [6.07, 6.45) is 6.22. The third-order valence-electron chi connectivity index (χ3n) is 3.04. The maximum Gasteiger partial charge on any atom is 0.200 e.